The normalized spacial score (nSPS) is 12.1. The van der Waals surface area contributed by atoms with E-state index in [-0.39, 0.29) is 12.1 Å². The van der Waals surface area contributed by atoms with Gasteiger partial charge in [-0.1, -0.05) is 91.1 Å². The van der Waals surface area contributed by atoms with Gasteiger partial charge in [0, 0.05) is 6.08 Å². The van der Waals surface area contributed by atoms with Crippen molar-refractivity contribution in [3.05, 3.63) is 12.7 Å². The topological polar surface area (TPSA) is 26.3 Å². The maximum atomic E-state index is 11.5. The summed E-state index contributed by atoms with van der Waals surface area (Å²) in [6.07, 6.45) is 20.3. The second-order valence-electron chi connectivity index (χ2n) is 6.73. The average Bonchev–Trinajstić information content (AvgIpc) is 2.56. The molecule has 1 atom stereocenters. The molecule has 0 saturated carbocycles. The molecule has 0 aromatic heterocycles. The van der Waals surface area contributed by atoms with Crippen LogP contribution in [0.25, 0.3) is 0 Å². The second-order valence-corrected chi connectivity index (χ2v) is 6.73. The SMILES string of the molecule is C=CC(=O)OC(CCCCCCC)CCCCCCCCCC. The van der Waals surface area contributed by atoms with Crippen LogP contribution in [-0.2, 0) is 9.53 Å². The van der Waals surface area contributed by atoms with Gasteiger partial charge in [-0.3, -0.25) is 0 Å². The summed E-state index contributed by atoms with van der Waals surface area (Å²) in [7, 11) is 0. The van der Waals surface area contributed by atoms with Crippen molar-refractivity contribution in [3.63, 3.8) is 0 Å². The van der Waals surface area contributed by atoms with E-state index in [1.165, 1.54) is 89.5 Å². The van der Waals surface area contributed by atoms with Gasteiger partial charge >= 0.3 is 5.97 Å². The lowest BCUT2D eigenvalue weighted by atomic mass is 10.0. The molecule has 2 nitrogen and oxygen atoms in total. The second kappa shape index (κ2) is 17.6. The first-order valence-electron chi connectivity index (χ1n) is 10.1. The fourth-order valence-corrected chi connectivity index (χ4v) is 2.96. The number of unbranched alkanes of at least 4 members (excludes halogenated alkanes) is 11. The monoisotopic (exact) mass is 324 g/mol. The average molecular weight is 325 g/mol. The Morgan fingerprint density at radius 1 is 0.783 bits per heavy atom. The summed E-state index contributed by atoms with van der Waals surface area (Å²) >= 11 is 0. The van der Waals surface area contributed by atoms with E-state index in [2.05, 4.69) is 20.4 Å². The van der Waals surface area contributed by atoms with Gasteiger partial charge in [-0.15, -0.1) is 0 Å². The number of carbonyl (C=O) groups excluding carboxylic acids is 1. The lowest BCUT2D eigenvalue weighted by Gasteiger charge is -2.17. The number of esters is 1. The Hall–Kier alpha value is -0.790. The number of ether oxygens (including phenoxy) is 1. The highest BCUT2D eigenvalue weighted by Crippen LogP contribution is 2.17. The third kappa shape index (κ3) is 15.9. The molecule has 136 valence electrons. The van der Waals surface area contributed by atoms with Gasteiger partial charge in [0.1, 0.15) is 6.10 Å². The predicted octanol–water partition coefficient (Wildman–Crippen LogP) is 6.98. The highest BCUT2D eigenvalue weighted by Gasteiger charge is 2.12. The van der Waals surface area contributed by atoms with Gasteiger partial charge in [-0.05, 0) is 25.7 Å². The molecule has 23 heavy (non-hydrogen) atoms. The van der Waals surface area contributed by atoms with Crippen molar-refractivity contribution in [1.29, 1.82) is 0 Å². The summed E-state index contributed by atoms with van der Waals surface area (Å²) in [6, 6.07) is 0. The van der Waals surface area contributed by atoms with E-state index in [4.69, 9.17) is 4.74 Å². The molecule has 0 amide bonds. The maximum absolute atomic E-state index is 11.5. The summed E-state index contributed by atoms with van der Waals surface area (Å²) < 4.78 is 5.51. The summed E-state index contributed by atoms with van der Waals surface area (Å²) in [6.45, 7) is 8.00. The first kappa shape index (κ1) is 22.2. The van der Waals surface area contributed by atoms with Crippen LogP contribution in [0.1, 0.15) is 110 Å². The standard InChI is InChI=1S/C21H40O2/c1-4-7-9-11-12-13-15-17-19-20(23-21(22)6-3)18-16-14-10-8-5-2/h6,20H,3-5,7-19H2,1-2H3. The van der Waals surface area contributed by atoms with Crippen LogP contribution in [-0.4, -0.2) is 12.1 Å². The lowest BCUT2D eigenvalue weighted by molar-refractivity contribution is -0.143. The Morgan fingerprint density at radius 2 is 1.17 bits per heavy atom. The molecule has 0 bridgehead atoms. The molecule has 0 aliphatic carbocycles. The molecule has 0 N–H and O–H groups in total. The van der Waals surface area contributed by atoms with Crippen molar-refractivity contribution in [2.24, 2.45) is 0 Å². The van der Waals surface area contributed by atoms with E-state index in [1.807, 2.05) is 0 Å². The van der Waals surface area contributed by atoms with E-state index < -0.39 is 0 Å². The maximum Gasteiger partial charge on any atom is 0.330 e. The van der Waals surface area contributed by atoms with Crippen LogP contribution in [0, 0.1) is 0 Å². The summed E-state index contributed by atoms with van der Waals surface area (Å²) in [4.78, 5) is 11.5. The Labute approximate surface area is 145 Å². The number of carbonyl (C=O) groups is 1. The molecule has 0 radical (unpaired) electrons. The molecule has 0 heterocycles. The van der Waals surface area contributed by atoms with Crippen LogP contribution in [0.3, 0.4) is 0 Å². The van der Waals surface area contributed by atoms with Gasteiger partial charge < -0.3 is 4.74 Å². The zero-order chi connectivity index (χ0) is 17.2. The van der Waals surface area contributed by atoms with E-state index >= 15 is 0 Å². The van der Waals surface area contributed by atoms with E-state index in [0.29, 0.717) is 0 Å². The number of hydrogen-bond donors (Lipinski definition) is 0. The van der Waals surface area contributed by atoms with Crippen molar-refractivity contribution >= 4 is 5.97 Å². The summed E-state index contributed by atoms with van der Waals surface area (Å²) in [5, 5.41) is 0. The van der Waals surface area contributed by atoms with Gasteiger partial charge in [0.15, 0.2) is 0 Å². The minimum Gasteiger partial charge on any atom is -0.459 e. The third-order valence-electron chi connectivity index (χ3n) is 4.46. The van der Waals surface area contributed by atoms with Crippen LogP contribution in [0.4, 0.5) is 0 Å². The van der Waals surface area contributed by atoms with Crippen molar-refractivity contribution < 1.29 is 9.53 Å². The first-order chi connectivity index (χ1) is 11.2. The molecule has 0 aromatic rings. The molecule has 0 fully saturated rings. The van der Waals surface area contributed by atoms with E-state index in [0.717, 1.165) is 12.8 Å². The Balaban J connectivity index is 3.74. The van der Waals surface area contributed by atoms with Crippen LogP contribution >= 0.6 is 0 Å². The smallest absolute Gasteiger partial charge is 0.330 e. The molecule has 0 spiro atoms. The fourth-order valence-electron chi connectivity index (χ4n) is 2.96. The van der Waals surface area contributed by atoms with Crippen LogP contribution in [0.5, 0.6) is 0 Å². The van der Waals surface area contributed by atoms with Gasteiger partial charge in [0.2, 0.25) is 0 Å². The Morgan fingerprint density at radius 3 is 1.57 bits per heavy atom. The molecular formula is C21H40O2. The van der Waals surface area contributed by atoms with Crippen molar-refractivity contribution in [2.75, 3.05) is 0 Å². The van der Waals surface area contributed by atoms with Crippen molar-refractivity contribution in [1.82, 2.24) is 0 Å². The third-order valence-corrected chi connectivity index (χ3v) is 4.46. The zero-order valence-electron chi connectivity index (χ0n) is 15.8. The number of rotatable bonds is 17. The van der Waals surface area contributed by atoms with Crippen molar-refractivity contribution in [2.45, 2.75) is 116 Å². The van der Waals surface area contributed by atoms with Gasteiger partial charge in [-0.2, -0.15) is 0 Å². The van der Waals surface area contributed by atoms with Crippen LogP contribution in [0.15, 0.2) is 12.7 Å². The zero-order valence-corrected chi connectivity index (χ0v) is 15.8. The highest BCUT2D eigenvalue weighted by atomic mass is 16.5. The lowest BCUT2D eigenvalue weighted by Crippen LogP contribution is -2.16. The molecule has 0 rings (SSSR count). The van der Waals surface area contributed by atoms with Gasteiger partial charge in [-0.25, -0.2) is 4.79 Å². The van der Waals surface area contributed by atoms with Gasteiger partial charge in [0.05, 0.1) is 0 Å². The fraction of sp³-hybridized carbons (Fsp3) is 0.857. The highest BCUT2D eigenvalue weighted by molar-refractivity contribution is 5.81. The van der Waals surface area contributed by atoms with Crippen molar-refractivity contribution in [3.8, 4) is 0 Å². The predicted molar refractivity (Wildman–Crippen MR) is 101 cm³/mol. The molecular weight excluding hydrogens is 284 g/mol. The molecule has 0 aliphatic heterocycles. The minimum atomic E-state index is -0.261. The Bertz CT molecular complexity index is 273. The van der Waals surface area contributed by atoms with Crippen LogP contribution < -0.4 is 0 Å². The summed E-state index contributed by atoms with van der Waals surface area (Å²) in [5.74, 6) is -0.261. The summed E-state index contributed by atoms with van der Waals surface area (Å²) in [5.41, 5.74) is 0. The van der Waals surface area contributed by atoms with Gasteiger partial charge in [0.25, 0.3) is 0 Å². The molecule has 0 aromatic carbocycles. The minimum absolute atomic E-state index is 0.0993. The molecule has 1 unspecified atom stereocenters. The molecule has 2 heteroatoms. The largest absolute Gasteiger partial charge is 0.459 e. The molecule has 0 saturated heterocycles. The quantitative estimate of drug-likeness (QED) is 0.164. The van der Waals surface area contributed by atoms with E-state index in [1.54, 1.807) is 0 Å². The first-order valence-corrected chi connectivity index (χ1v) is 10.1. The van der Waals surface area contributed by atoms with E-state index in [9.17, 15) is 4.79 Å². The van der Waals surface area contributed by atoms with Crippen LogP contribution in [0.2, 0.25) is 0 Å². The number of hydrogen-bond acceptors (Lipinski definition) is 2. The molecule has 0 aliphatic rings. The Kier molecular flexibility index (Phi) is 17.0.